The number of halogens is 1. The summed E-state index contributed by atoms with van der Waals surface area (Å²) in [6.45, 7) is 1.57. The third kappa shape index (κ3) is 2.96. The van der Waals surface area contributed by atoms with Crippen LogP contribution in [0.4, 0.5) is 0 Å². The van der Waals surface area contributed by atoms with Crippen LogP contribution in [0.3, 0.4) is 0 Å². The zero-order valence-corrected chi connectivity index (χ0v) is 12.6. The average molecular weight is 314 g/mol. The normalized spacial score (nSPS) is 13.6. The summed E-state index contributed by atoms with van der Waals surface area (Å²) in [7, 11) is -3.70. The van der Waals surface area contributed by atoms with Gasteiger partial charge in [-0.25, -0.2) is 13.1 Å². The average Bonchev–Trinajstić information content (AvgIpc) is 2.45. The highest BCUT2D eigenvalue weighted by Gasteiger charge is 2.21. The third-order valence-corrected chi connectivity index (χ3v) is 5.06. The van der Waals surface area contributed by atoms with E-state index in [4.69, 9.17) is 16.7 Å². The van der Waals surface area contributed by atoms with E-state index in [1.807, 2.05) is 6.92 Å². The largest absolute Gasteiger partial charge is 0.395 e. The smallest absolute Gasteiger partial charge is 0.241 e. The molecule has 0 fully saturated rings. The molecule has 1 unspecified atom stereocenters. The molecule has 0 spiro atoms. The number of aliphatic hydroxyl groups is 1. The Morgan fingerprint density at radius 1 is 1.20 bits per heavy atom. The minimum atomic E-state index is -3.70. The van der Waals surface area contributed by atoms with Crippen molar-refractivity contribution in [1.29, 1.82) is 0 Å². The van der Waals surface area contributed by atoms with Crippen LogP contribution >= 0.6 is 11.6 Å². The molecule has 0 aromatic heterocycles. The number of hydrogen-bond acceptors (Lipinski definition) is 3. The van der Waals surface area contributed by atoms with E-state index in [-0.39, 0.29) is 11.5 Å². The highest BCUT2D eigenvalue weighted by Crippen LogP contribution is 2.29. The lowest BCUT2D eigenvalue weighted by molar-refractivity contribution is 0.254. The number of rotatable bonds is 5. The fourth-order valence-corrected chi connectivity index (χ4v) is 3.75. The Morgan fingerprint density at radius 3 is 2.45 bits per heavy atom. The molecular formula is C14H16ClNO3S. The zero-order valence-electron chi connectivity index (χ0n) is 11.0. The molecule has 2 aromatic rings. The molecular weight excluding hydrogens is 298 g/mol. The van der Waals surface area contributed by atoms with E-state index in [0.29, 0.717) is 22.2 Å². The first-order valence-corrected chi connectivity index (χ1v) is 8.16. The molecule has 20 heavy (non-hydrogen) atoms. The Labute approximate surface area is 123 Å². The molecule has 2 rings (SSSR count). The molecule has 2 N–H and O–H groups in total. The monoisotopic (exact) mass is 313 g/mol. The predicted octanol–water partition coefficient (Wildman–Crippen LogP) is 2.54. The molecule has 0 amide bonds. The van der Waals surface area contributed by atoms with Crippen LogP contribution in [0.1, 0.15) is 13.3 Å². The van der Waals surface area contributed by atoms with E-state index in [9.17, 15) is 8.42 Å². The first kappa shape index (κ1) is 15.3. The summed E-state index contributed by atoms with van der Waals surface area (Å²) in [5.41, 5.74) is 0. The second-order valence-electron chi connectivity index (χ2n) is 4.50. The van der Waals surface area contributed by atoms with E-state index in [0.717, 1.165) is 0 Å². The molecule has 2 aromatic carbocycles. The standard InChI is InChI=1S/C14H16ClNO3S/c1-2-10(9-17)16-20(18,19)14-8-7-13(15)11-5-3-4-6-12(11)14/h3-8,10,16-17H,2,9H2,1H3. The maximum atomic E-state index is 12.4. The van der Waals surface area contributed by atoms with Gasteiger partial charge in [0.2, 0.25) is 10.0 Å². The highest BCUT2D eigenvalue weighted by molar-refractivity contribution is 7.89. The minimum Gasteiger partial charge on any atom is -0.395 e. The fourth-order valence-electron chi connectivity index (χ4n) is 2.00. The summed E-state index contributed by atoms with van der Waals surface area (Å²) in [6.07, 6.45) is 0.515. The molecule has 0 radical (unpaired) electrons. The Hall–Kier alpha value is -1.14. The van der Waals surface area contributed by atoms with Crippen LogP contribution in [0.2, 0.25) is 5.02 Å². The van der Waals surface area contributed by atoms with Crippen LogP contribution in [-0.2, 0) is 10.0 Å². The van der Waals surface area contributed by atoms with Crippen LogP contribution in [0.25, 0.3) is 10.8 Å². The Bertz CT molecular complexity index is 711. The summed E-state index contributed by atoms with van der Waals surface area (Å²) in [4.78, 5) is 0.171. The van der Waals surface area contributed by atoms with Crippen molar-refractivity contribution < 1.29 is 13.5 Å². The second-order valence-corrected chi connectivity index (χ2v) is 6.59. The molecule has 0 heterocycles. The number of sulfonamides is 1. The number of aliphatic hydroxyl groups excluding tert-OH is 1. The zero-order chi connectivity index (χ0) is 14.8. The third-order valence-electron chi connectivity index (χ3n) is 3.16. The molecule has 0 aliphatic heterocycles. The van der Waals surface area contributed by atoms with E-state index < -0.39 is 16.1 Å². The Morgan fingerprint density at radius 2 is 1.85 bits per heavy atom. The van der Waals surface area contributed by atoms with E-state index >= 15 is 0 Å². The van der Waals surface area contributed by atoms with Crippen LogP contribution in [0, 0.1) is 0 Å². The molecule has 0 aliphatic rings. The summed E-state index contributed by atoms with van der Waals surface area (Å²) in [5, 5.41) is 10.9. The maximum Gasteiger partial charge on any atom is 0.241 e. The van der Waals surface area contributed by atoms with Gasteiger partial charge in [0, 0.05) is 21.8 Å². The van der Waals surface area contributed by atoms with E-state index in [1.54, 1.807) is 30.3 Å². The summed E-state index contributed by atoms with van der Waals surface area (Å²) in [5.74, 6) is 0. The van der Waals surface area contributed by atoms with Gasteiger partial charge in [-0.05, 0) is 18.6 Å². The van der Waals surface area contributed by atoms with Crippen LogP contribution in [0.5, 0.6) is 0 Å². The van der Waals surface area contributed by atoms with Gasteiger partial charge >= 0.3 is 0 Å². The van der Waals surface area contributed by atoms with E-state index in [1.165, 1.54) is 6.07 Å². The lowest BCUT2D eigenvalue weighted by Gasteiger charge is -2.16. The van der Waals surface area contributed by atoms with Gasteiger partial charge in [0.25, 0.3) is 0 Å². The van der Waals surface area contributed by atoms with Crippen molar-refractivity contribution in [2.75, 3.05) is 6.61 Å². The molecule has 1 atom stereocenters. The lowest BCUT2D eigenvalue weighted by Crippen LogP contribution is -2.36. The van der Waals surface area contributed by atoms with Gasteiger partial charge in [0.15, 0.2) is 0 Å². The Balaban J connectivity index is 2.55. The van der Waals surface area contributed by atoms with E-state index in [2.05, 4.69) is 4.72 Å². The summed E-state index contributed by atoms with van der Waals surface area (Å²) >= 11 is 6.08. The van der Waals surface area contributed by atoms with Gasteiger partial charge in [0.1, 0.15) is 0 Å². The lowest BCUT2D eigenvalue weighted by atomic mass is 10.1. The molecule has 0 saturated carbocycles. The van der Waals surface area contributed by atoms with Crippen molar-refractivity contribution in [3.8, 4) is 0 Å². The predicted molar refractivity (Wildman–Crippen MR) is 80.4 cm³/mol. The number of hydrogen-bond donors (Lipinski definition) is 2. The second kappa shape index (κ2) is 6.10. The van der Waals surface area contributed by atoms with Gasteiger partial charge < -0.3 is 5.11 Å². The van der Waals surface area contributed by atoms with Crippen molar-refractivity contribution in [1.82, 2.24) is 4.72 Å². The summed E-state index contributed by atoms with van der Waals surface area (Å²) < 4.78 is 27.3. The first-order chi connectivity index (χ1) is 9.49. The van der Waals surface area contributed by atoms with Crippen molar-refractivity contribution in [2.24, 2.45) is 0 Å². The van der Waals surface area contributed by atoms with Crippen molar-refractivity contribution in [2.45, 2.75) is 24.3 Å². The molecule has 0 bridgehead atoms. The topological polar surface area (TPSA) is 66.4 Å². The molecule has 0 saturated heterocycles. The van der Waals surface area contributed by atoms with Crippen molar-refractivity contribution in [3.63, 3.8) is 0 Å². The minimum absolute atomic E-state index is 0.171. The summed E-state index contributed by atoms with van der Waals surface area (Å²) in [6, 6.07) is 9.63. The highest BCUT2D eigenvalue weighted by atomic mass is 35.5. The van der Waals surface area contributed by atoms with Gasteiger partial charge in [0.05, 0.1) is 11.5 Å². The molecule has 108 valence electrons. The molecule has 0 aliphatic carbocycles. The number of benzene rings is 2. The van der Waals surface area contributed by atoms with Gasteiger partial charge in [-0.1, -0.05) is 42.8 Å². The van der Waals surface area contributed by atoms with Crippen molar-refractivity contribution in [3.05, 3.63) is 41.4 Å². The van der Waals surface area contributed by atoms with Crippen LogP contribution in [-0.4, -0.2) is 26.2 Å². The van der Waals surface area contributed by atoms with Crippen LogP contribution < -0.4 is 4.72 Å². The maximum absolute atomic E-state index is 12.4. The number of fused-ring (bicyclic) bond motifs is 1. The first-order valence-electron chi connectivity index (χ1n) is 6.30. The fraction of sp³-hybridized carbons (Fsp3) is 0.286. The quantitative estimate of drug-likeness (QED) is 0.891. The molecule has 6 heteroatoms. The number of nitrogens with one attached hydrogen (secondary N) is 1. The Kier molecular flexibility index (Phi) is 4.65. The molecule has 4 nitrogen and oxygen atoms in total. The van der Waals surface area contributed by atoms with Gasteiger partial charge in [-0.2, -0.15) is 0 Å². The van der Waals surface area contributed by atoms with Gasteiger partial charge in [-0.15, -0.1) is 0 Å². The van der Waals surface area contributed by atoms with Gasteiger partial charge in [-0.3, -0.25) is 0 Å². The van der Waals surface area contributed by atoms with Crippen molar-refractivity contribution >= 4 is 32.4 Å². The van der Waals surface area contributed by atoms with Crippen LogP contribution in [0.15, 0.2) is 41.3 Å². The SMILES string of the molecule is CCC(CO)NS(=O)(=O)c1ccc(Cl)c2ccccc12.